The lowest BCUT2D eigenvalue weighted by molar-refractivity contribution is -0.123. The molecular weight excluding hydrogens is 294 g/mol. The maximum Gasteiger partial charge on any atom is 0.236 e. The van der Waals surface area contributed by atoms with Gasteiger partial charge in [0.05, 0.1) is 10.4 Å². The van der Waals surface area contributed by atoms with E-state index in [2.05, 4.69) is 21.2 Å². The molecule has 1 heterocycles. The summed E-state index contributed by atoms with van der Waals surface area (Å²) in [5.41, 5.74) is 0.840. The van der Waals surface area contributed by atoms with E-state index < -0.39 is 4.32 Å². The van der Waals surface area contributed by atoms with E-state index in [1.807, 2.05) is 51.1 Å². The lowest BCUT2D eigenvalue weighted by Gasteiger charge is -2.19. The Bertz CT molecular complexity index is 535. The zero-order valence-corrected chi connectivity index (χ0v) is 12.2. The smallest absolute Gasteiger partial charge is 0.236 e. The fraction of sp³-hybridized carbons (Fsp3) is 0.357. The Balaban J connectivity index is 2.18. The van der Waals surface area contributed by atoms with Crippen LogP contribution in [0.3, 0.4) is 0 Å². The van der Waals surface area contributed by atoms with Gasteiger partial charge in [-0.25, -0.2) is 0 Å². The molecule has 0 saturated heterocycles. The maximum atomic E-state index is 11.9. The highest BCUT2D eigenvalue weighted by Crippen LogP contribution is 2.24. The van der Waals surface area contributed by atoms with Crippen molar-refractivity contribution in [1.29, 1.82) is 0 Å². The molecule has 2 rings (SSSR count). The predicted octanol–water partition coefficient (Wildman–Crippen LogP) is 3.78. The highest BCUT2D eigenvalue weighted by atomic mass is 79.9. The van der Waals surface area contributed by atoms with Gasteiger partial charge in [-0.05, 0) is 32.9 Å². The number of hydrogen-bond acceptors (Lipinski definition) is 2. The van der Waals surface area contributed by atoms with E-state index in [0.29, 0.717) is 0 Å². The number of nitrogens with one attached hydrogen (secondary N) is 1. The summed E-state index contributed by atoms with van der Waals surface area (Å²) in [7, 11) is 0. The number of hydrogen-bond donors (Lipinski definition) is 1. The normalized spacial score (nSPS) is 13.6. The minimum atomic E-state index is -0.576. The van der Waals surface area contributed by atoms with Crippen molar-refractivity contribution in [3.8, 4) is 0 Å². The Morgan fingerprint density at radius 2 is 2.06 bits per heavy atom. The standard InChI is InChI=1S/C14H16BrNO2/c1-9(16-13(17)14(2,3)15)12-8-10-6-4-5-7-11(10)18-12/h4-9H,1-3H3,(H,16,17). The molecule has 0 fully saturated rings. The Morgan fingerprint density at radius 1 is 1.39 bits per heavy atom. The summed E-state index contributed by atoms with van der Waals surface area (Å²) in [5.74, 6) is 0.705. The van der Waals surface area contributed by atoms with Crippen molar-refractivity contribution < 1.29 is 9.21 Å². The number of fused-ring (bicyclic) bond motifs is 1. The van der Waals surface area contributed by atoms with Crippen LogP contribution in [0.1, 0.15) is 32.6 Å². The van der Waals surface area contributed by atoms with Crippen molar-refractivity contribution in [3.05, 3.63) is 36.1 Å². The summed E-state index contributed by atoms with van der Waals surface area (Å²) in [6.07, 6.45) is 0. The number of carbonyl (C=O) groups is 1. The van der Waals surface area contributed by atoms with Crippen molar-refractivity contribution in [2.45, 2.75) is 31.1 Å². The molecule has 0 spiro atoms. The predicted molar refractivity (Wildman–Crippen MR) is 75.8 cm³/mol. The summed E-state index contributed by atoms with van der Waals surface area (Å²) in [4.78, 5) is 11.9. The Kier molecular flexibility index (Phi) is 3.48. The average molecular weight is 310 g/mol. The minimum Gasteiger partial charge on any atom is -0.459 e. The number of furan rings is 1. The lowest BCUT2D eigenvalue weighted by Crippen LogP contribution is -2.38. The topological polar surface area (TPSA) is 42.2 Å². The van der Waals surface area contributed by atoms with Gasteiger partial charge in [0, 0.05) is 5.39 Å². The molecule has 3 nitrogen and oxygen atoms in total. The van der Waals surface area contributed by atoms with E-state index in [-0.39, 0.29) is 11.9 Å². The molecule has 1 atom stereocenters. The third kappa shape index (κ3) is 2.75. The third-order valence-electron chi connectivity index (χ3n) is 2.76. The second-order valence-electron chi connectivity index (χ2n) is 4.85. The second-order valence-corrected chi connectivity index (χ2v) is 6.84. The quantitative estimate of drug-likeness (QED) is 0.877. The average Bonchev–Trinajstić information content (AvgIpc) is 2.71. The van der Waals surface area contributed by atoms with Gasteiger partial charge >= 0.3 is 0 Å². The first kappa shape index (κ1) is 13.1. The van der Waals surface area contributed by atoms with Crippen LogP contribution < -0.4 is 5.32 Å². The van der Waals surface area contributed by atoms with E-state index in [0.717, 1.165) is 16.7 Å². The SMILES string of the molecule is CC(NC(=O)C(C)(C)Br)c1cc2ccccc2o1. The van der Waals surface area contributed by atoms with E-state index in [4.69, 9.17) is 4.42 Å². The molecule has 0 aliphatic heterocycles. The molecule has 0 aliphatic carbocycles. The first-order valence-corrected chi connectivity index (χ1v) is 6.65. The van der Waals surface area contributed by atoms with E-state index in [1.165, 1.54) is 0 Å². The van der Waals surface area contributed by atoms with Gasteiger partial charge in [-0.15, -0.1) is 0 Å². The molecular formula is C14H16BrNO2. The molecule has 1 amide bonds. The summed E-state index contributed by atoms with van der Waals surface area (Å²) in [6.45, 7) is 5.54. The Hall–Kier alpha value is -1.29. The van der Waals surface area contributed by atoms with Crippen LogP contribution in [0.15, 0.2) is 34.7 Å². The summed E-state index contributed by atoms with van der Waals surface area (Å²) >= 11 is 3.34. The van der Waals surface area contributed by atoms with Crippen LogP contribution in [-0.4, -0.2) is 10.2 Å². The molecule has 0 bridgehead atoms. The number of benzene rings is 1. The number of carbonyl (C=O) groups excluding carboxylic acids is 1. The van der Waals surface area contributed by atoms with Crippen LogP contribution in [0.5, 0.6) is 0 Å². The fourth-order valence-corrected chi connectivity index (χ4v) is 1.77. The van der Waals surface area contributed by atoms with Crippen molar-refractivity contribution in [3.63, 3.8) is 0 Å². The molecule has 4 heteroatoms. The van der Waals surface area contributed by atoms with Gasteiger partial charge in [-0.2, -0.15) is 0 Å². The molecule has 18 heavy (non-hydrogen) atoms. The van der Waals surface area contributed by atoms with Gasteiger partial charge in [0.25, 0.3) is 0 Å². The number of halogens is 1. The Morgan fingerprint density at radius 3 is 2.67 bits per heavy atom. The van der Waals surface area contributed by atoms with Gasteiger partial charge in [0.15, 0.2) is 0 Å². The zero-order chi connectivity index (χ0) is 13.3. The van der Waals surface area contributed by atoms with Crippen LogP contribution in [0.4, 0.5) is 0 Å². The minimum absolute atomic E-state index is 0.0598. The van der Waals surface area contributed by atoms with E-state index >= 15 is 0 Å². The molecule has 1 N–H and O–H groups in total. The monoisotopic (exact) mass is 309 g/mol. The van der Waals surface area contributed by atoms with Crippen LogP contribution >= 0.6 is 15.9 Å². The van der Waals surface area contributed by atoms with Crippen LogP contribution in [0.25, 0.3) is 11.0 Å². The van der Waals surface area contributed by atoms with Gasteiger partial charge in [0.2, 0.25) is 5.91 Å². The fourth-order valence-electron chi connectivity index (χ4n) is 1.66. The highest BCUT2D eigenvalue weighted by Gasteiger charge is 2.26. The first-order valence-electron chi connectivity index (χ1n) is 5.86. The Labute approximate surface area is 115 Å². The number of para-hydroxylation sites is 1. The van der Waals surface area contributed by atoms with Crippen molar-refractivity contribution in [2.24, 2.45) is 0 Å². The number of rotatable bonds is 3. The molecule has 96 valence electrons. The van der Waals surface area contributed by atoms with Crippen molar-refractivity contribution >= 4 is 32.8 Å². The van der Waals surface area contributed by atoms with Gasteiger partial charge in [-0.3, -0.25) is 4.79 Å². The molecule has 2 aromatic rings. The van der Waals surface area contributed by atoms with Crippen LogP contribution in [0.2, 0.25) is 0 Å². The molecule has 1 aromatic heterocycles. The number of alkyl halides is 1. The molecule has 1 unspecified atom stereocenters. The molecule has 0 aliphatic rings. The van der Waals surface area contributed by atoms with Crippen LogP contribution in [0, 0.1) is 0 Å². The van der Waals surface area contributed by atoms with E-state index in [1.54, 1.807) is 0 Å². The third-order valence-corrected chi connectivity index (χ3v) is 3.12. The van der Waals surface area contributed by atoms with Gasteiger partial charge in [0.1, 0.15) is 11.3 Å². The summed E-state index contributed by atoms with van der Waals surface area (Å²) in [5, 5.41) is 3.97. The van der Waals surface area contributed by atoms with Crippen molar-refractivity contribution in [2.75, 3.05) is 0 Å². The second kappa shape index (κ2) is 4.76. The van der Waals surface area contributed by atoms with Gasteiger partial charge < -0.3 is 9.73 Å². The van der Waals surface area contributed by atoms with Crippen molar-refractivity contribution in [1.82, 2.24) is 5.32 Å². The number of amides is 1. The highest BCUT2D eigenvalue weighted by molar-refractivity contribution is 9.10. The maximum absolute atomic E-state index is 11.9. The zero-order valence-electron chi connectivity index (χ0n) is 10.7. The summed E-state index contributed by atoms with van der Waals surface area (Å²) in [6, 6.07) is 9.61. The molecule has 1 aromatic carbocycles. The molecule has 0 radical (unpaired) electrons. The summed E-state index contributed by atoms with van der Waals surface area (Å²) < 4.78 is 5.14. The first-order chi connectivity index (χ1) is 8.38. The lowest BCUT2D eigenvalue weighted by atomic mass is 10.1. The molecule has 0 saturated carbocycles. The van der Waals surface area contributed by atoms with Gasteiger partial charge in [-0.1, -0.05) is 34.1 Å². The largest absolute Gasteiger partial charge is 0.459 e. The van der Waals surface area contributed by atoms with E-state index in [9.17, 15) is 4.79 Å². The van der Waals surface area contributed by atoms with Crippen LogP contribution in [-0.2, 0) is 4.79 Å².